The van der Waals surface area contributed by atoms with Crippen LogP contribution in [0.3, 0.4) is 0 Å². The van der Waals surface area contributed by atoms with Crippen LogP contribution >= 0.6 is 0 Å². The molecule has 0 atom stereocenters. The van der Waals surface area contributed by atoms with Crippen LogP contribution in [0.4, 0.5) is 0 Å². The Morgan fingerprint density at radius 1 is 0.232 bits per heavy atom. The van der Waals surface area contributed by atoms with Crippen molar-refractivity contribution in [3.8, 4) is 0 Å². The van der Waals surface area contributed by atoms with Gasteiger partial charge in [-0.05, 0) is 19.3 Å². The highest BCUT2D eigenvalue weighted by Gasteiger charge is 2.37. The van der Waals surface area contributed by atoms with Crippen LogP contribution in [-0.4, -0.2) is 0 Å². The molecule has 0 N–H and O–H groups in total. The van der Waals surface area contributed by atoms with Crippen LogP contribution in [0, 0.1) is 0 Å². The van der Waals surface area contributed by atoms with E-state index in [9.17, 15) is 0 Å². The Morgan fingerprint density at radius 2 is 0.411 bits per heavy atom. The van der Waals surface area contributed by atoms with Gasteiger partial charge in [-0.1, -0.05) is 284 Å². The average molecular weight is 781 g/mol. The summed E-state index contributed by atoms with van der Waals surface area (Å²) in [5.41, 5.74) is 0.325. The first-order valence-electron chi connectivity index (χ1n) is 26.8. The fourth-order valence-electron chi connectivity index (χ4n) is 9.60. The van der Waals surface area contributed by atoms with Crippen molar-refractivity contribution >= 4 is 0 Å². The molecule has 0 aliphatic rings. The molecular weight excluding hydrogens is 675 g/mol. The fraction of sp³-hybridized carbons (Fsp3) is 0.909. The van der Waals surface area contributed by atoms with E-state index < -0.39 is 0 Å². The van der Waals surface area contributed by atoms with E-state index in [0.29, 0.717) is 5.54 Å². The Bertz CT molecular complexity index is 814. The molecule has 0 spiro atoms. The van der Waals surface area contributed by atoms with Crippen LogP contribution < -0.4 is 4.57 Å². The maximum atomic E-state index is 2.70. The second-order valence-electron chi connectivity index (χ2n) is 18.9. The summed E-state index contributed by atoms with van der Waals surface area (Å²) in [6.45, 7) is 6.96. The summed E-state index contributed by atoms with van der Waals surface area (Å²) in [5.74, 6) is 0. The summed E-state index contributed by atoms with van der Waals surface area (Å²) in [6, 6.07) is 6.84. The lowest BCUT2D eigenvalue weighted by molar-refractivity contribution is -0.768. The molecule has 0 saturated carbocycles. The molecule has 0 aromatic carbocycles. The maximum absolute atomic E-state index is 2.70. The summed E-state index contributed by atoms with van der Waals surface area (Å²) >= 11 is 0. The van der Waals surface area contributed by atoms with Crippen molar-refractivity contribution in [2.75, 3.05) is 0 Å². The molecule has 1 rings (SSSR count). The van der Waals surface area contributed by atoms with E-state index in [1.807, 2.05) is 0 Å². The van der Waals surface area contributed by atoms with Crippen molar-refractivity contribution in [3.05, 3.63) is 30.6 Å². The van der Waals surface area contributed by atoms with Crippen LogP contribution in [0.25, 0.3) is 0 Å². The number of aromatic nitrogens is 1. The van der Waals surface area contributed by atoms with Crippen molar-refractivity contribution in [2.45, 2.75) is 322 Å². The van der Waals surface area contributed by atoms with Gasteiger partial charge in [0.15, 0.2) is 17.9 Å². The van der Waals surface area contributed by atoms with Gasteiger partial charge >= 0.3 is 0 Å². The highest BCUT2D eigenvalue weighted by atomic mass is 15.0. The Kier molecular flexibility index (Phi) is 41.5. The van der Waals surface area contributed by atoms with Crippen molar-refractivity contribution < 1.29 is 4.57 Å². The molecular formula is C55H106N+. The minimum Gasteiger partial charge on any atom is -0.200 e. The zero-order valence-corrected chi connectivity index (χ0v) is 39.4. The third-order valence-corrected chi connectivity index (χ3v) is 13.5. The quantitative estimate of drug-likeness (QED) is 0.0458. The lowest BCUT2D eigenvalue weighted by Crippen LogP contribution is -2.55. The summed E-state index contributed by atoms with van der Waals surface area (Å²) in [6.07, 6.45) is 71.4. The van der Waals surface area contributed by atoms with E-state index in [2.05, 4.69) is 55.9 Å². The molecule has 0 bridgehead atoms. The molecule has 0 saturated heterocycles. The van der Waals surface area contributed by atoms with E-state index in [1.54, 1.807) is 0 Å². The molecule has 1 aromatic heterocycles. The zero-order valence-electron chi connectivity index (χ0n) is 39.4. The largest absolute Gasteiger partial charge is 0.200 e. The third-order valence-electron chi connectivity index (χ3n) is 13.5. The van der Waals surface area contributed by atoms with Crippen molar-refractivity contribution in [2.24, 2.45) is 0 Å². The average Bonchev–Trinajstić information content (AvgIpc) is 3.22. The first-order valence-corrected chi connectivity index (χ1v) is 26.8. The molecule has 0 amide bonds. The van der Waals surface area contributed by atoms with Crippen LogP contribution in [-0.2, 0) is 5.54 Å². The standard InChI is InChI=1S/C55H106N/c1-4-7-10-13-16-19-22-25-28-31-34-37-40-43-47-52-55(56-53-48-44-49-54-56,50-45-41-38-35-32-29-26-23-20-17-14-11-8-5-2)51-46-42-39-36-33-30-27-24-21-18-15-12-9-6-3/h44,48-49,53-54H,4-43,45-47,50-52H2,1-3H3/q+1. The number of nitrogens with zero attached hydrogens (tertiary/aromatic N) is 1. The van der Waals surface area contributed by atoms with Gasteiger partial charge in [-0.2, -0.15) is 4.57 Å². The van der Waals surface area contributed by atoms with E-state index in [-0.39, 0.29) is 0 Å². The number of hydrogen-bond donors (Lipinski definition) is 0. The van der Waals surface area contributed by atoms with Crippen molar-refractivity contribution in [1.82, 2.24) is 0 Å². The molecule has 0 aliphatic heterocycles. The smallest absolute Gasteiger partial charge is 0.169 e. The molecule has 1 aromatic rings. The minimum atomic E-state index is 0.325. The van der Waals surface area contributed by atoms with E-state index in [0.717, 1.165) is 0 Å². The van der Waals surface area contributed by atoms with Gasteiger partial charge in [0.1, 0.15) is 0 Å². The summed E-state index contributed by atoms with van der Waals surface area (Å²) in [7, 11) is 0. The highest BCUT2D eigenvalue weighted by Crippen LogP contribution is 2.32. The fourth-order valence-corrected chi connectivity index (χ4v) is 9.60. The number of unbranched alkanes of at least 4 members (excludes halogenated alkanes) is 40. The highest BCUT2D eigenvalue weighted by molar-refractivity contribution is 4.86. The summed E-state index contributed by atoms with van der Waals surface area (Å²) in [4.78, 5) is 0. The molecule has 330 valence electrons. The van der Waals surface area contributed by atoms with Crippen LogP contribution in [0.1, 0.15) is 316 Å². The summed E-state index contributed by atoms with van der Waals surface area (Å²) in [5, 5.41) is 0. The van der Waals surface area contributed by atoms with Gasteiger partial charge in [-0.3, -0.25) is 0 Å². The van der Waals surface area contributed by atoms with Gasteiger partial charge in [0.05, 0.1) is 0 Å². The number of hydrogen-bond acceptors (Lipinski definition) is 0. The molecule has 0 fully saturated rings. The predicted octanol–water partition coefficient (Wildman–Crippen LogP) is 19.7. The van der Waals surface area contributed by atoms with Crippen molar-refractivity contribution in [3.63, 3.8) is 0 Å². The predicted molar refractivity (Wildman–Crippen MR) is 254 cm³/mol. The lowest BCUT2D eigenvalue weighted by atomic mass is 9.81. The number of rotatable bonds is 47. The topological polar surface area (TPSA) is 3.88 Å². The Morgan fingerprint density at radius 3 is 0.607 bits per heavy atom. The monoisotopic (exact) mass is 781 g/mol. The van der Waals surface area contributed by atoms with Gasteiger partial charge in [0.25, 0.3) is 0 Å². The second-order valence-corrected chi connectivity index (χ2v) is 18.9. The molecule has 1 heteroatoms. The first-order chi connectivity index (χ1) is 27.8. The maximum Gasteiger partial charge on any atom is 0.169 e. The summed E-state index contributed by atoms with van der Waals surface area (Å²) < 4.78 is 2.70. The van der Waals surface area contributed by atoms with Gasteiger partial charge < -0.3 is 0 Å². The first kappa shape index (κ1) is 53.2. The lowest BCUT2D eigenvalue weighted by Gasteiger charge is -2.29. The third kappa shape index (κ3) is 34.1. The number of pyridine rings is 1. The minimum absolute atomic E-state index is 0.325. The molecule has 1 heterocycles. The normalized spacial score (nSPS) is 11.9. The molecule has 0 unspecified atom stereocenters. The van der Waals surface area contributed by atoms with Crippen molar-refractivity contribution in [1.29, 1.82) is 0 Å². The molecule has 56 heavy (non-hydrogen) atoms. The van der Waals surface area contributed by atoms with E-state index >= 15 is 0 Å². The Labute approximate surface area is 355 Å². The van der Waals surface area contributed by atoms with Crippen LogP contribution in [0.5, 0.6) is 0 Å². The zero-order chi connectivity index (χ0) is 40.1. The Balaban J connectivity index is 2.45. The SMILES string of the molecule is CCCCCCCCCCCCCCCCCC(CCCCCCCCCCCCCCCC)(CCCCCCCCCCCCCCCC)[n+]1ccccc1. The van der Waals surface area contributed by atoms with Gasteiger partial charge in [0, 0.05) is 31.4 Å². The van der Waals surface area contributed by atoms with Crippen LogP contribution in [0.2, 0.25) is 0 Å². The molecule has 0 aliphatic carbocycles. The van der Waals surface area contributed by atoms with Gasteiger partial charge in [-0.25, -0.2) is 0 Å². The van der Waals surface area contributed by atoms with Gasteiger partial charge in [0.2, 0.25) is 0 Å². The Hall–Kier alpha value is -0.850. The van der Waals surface area contributed by atoms with Gasteiger partial charge in [-0.15, -0.1) is 0 Å². The van der Waals surface area contributed by atoms with E-state index in [1.165, 1.54) is 295 Å². The second kappa shape index (κ2) is 43.7. The van der Waals surface area contributed by atoms with Crippen LogP contribution in [0.15, 0.2) is 30.6 Å². The molecule has 0 radical (unpaired) electrons. The molecule has 1 nitrogen and oxygen atoms in total. The van der Waals surface area contributed by atoms with E-state index in [4.69, 9.17) is 0 Å².